The average molecular weight is 344 g/mol. The molecule has 0 fully saturated rings. The summed E-state index contributed by atoms with van der Waals surface area (Å²) in [4.78, 5) is 16.5. The molecule has 0 aliphatic heterocycles. The minimum absolute atomic E-state index is 0.249. The Bertz CT molecular complexity index is 830. The van der Waals surface area contributed by atoms with Crippen molar-refractivity contribution in [3.63, 3.8) is 0 Å². The number of aryl methyl sites for hydroxylation is 1. The first-order valence-corrected chi connectivity index (χ1v) is 8.17. The third kappa shape index (κ3) is 3.88. The largest absolute Gasteiger partial charge is 0.331 e. The molecule has 4 nitrogen and oxygen atoms in total. The van der Waals surface area contributed by atoms with Gasteiger partial charge in [0.05, 0.1) is 16.8 Å². The summed E-state index contributed by atoms with van der Waals surface area (Å²) in [5.74, 6) is -0.249. The molecule has 0 spiro atoms. The summed E-state index contributed by atoms with van der Waals surface area (Å²) < 4.78 is 0. The van der Waals surface area contributed by atoms with Crippen LogP contribution in [0.4, 0.5) is 15.8 Å². The van der Waals surface area contributed by atoms with E-state index in [1.165, 1.54) is 16.9 Å². The van der Waals surface area contributed by atoms with Crippen molar-refractivity contribution in [1.29, 1.82) is 0 Å². The lowest BCUT2D eigenvalue weighted by molar-refractivity contribution is 0.102. The molecule has 0 atom stereocenters. The Morgan fingerprint density at radius 1 is 1.13 bits per heavy atom. The first-order valence-electron chi connectivity index (χ1n) is 6.97. The van der Waals surface area contributed by atoms with Gasteiger partial charge in [-0.3, -0.25) is 4.79 Å². The molecule has 2 aromatic carbocycles. The van der Waals surface area contributed by atoms with Crippen molar-refractivity contribution in [3.05, 3.63) is 70.9 Å². The van der Waals surface area contributed by atoms with Gasteiger partial charge >= 0.3 is 0 Å². The number of hydrogen-bond donors (Lipinski definition) is 2. The number of halogens is 1. The lowest BCUT2D eigenvalue weighted by Crippen LogP contribution is -2.11. The summed E-state index contributed by atoms with van der Waals surface area (Å²) in [6.07, 6.45) is 1.62. The van der Waals surface area contributed by atoms with E-state index in [1.54, 1.807) is 30.5 Å². The highest BCUT2D eigenvalue weighted by atomic mass is 35.5. The molecule has 1 amide bonds. The van der Waals surface area contributed by atoms with Gasteiger partial charge in [-0.25, -0.2) is 4.98 Å². The molecule has 0 unspecified atom stereocenters. The highest BCUT2D eigenvalue weighted by Crippen LogP contribution is 2.27. The molecule has 0 saturated heterocycles. The van der Waals surface area contributed by atoms with Crippen LogP contribution in [0.15, 0.2) is 54.7 Å². The van der Waals surface area contributed by atoms with E-state index in [2.05, 4.69) is 15.6 Å². The number of aromatic nitrogens is 1. The normalized spacial score (nSPS) is 10.3. The number of benzene rings is 2. The number of nitrogens with zero attached hydrogens (tertiary/aromatic N) is 1. The van der Waals surface area contributed by atoms with E-state index in [0.717, 1.165) is 5.69 Å². The van der Waals surface area contributed by atoms with Crippen molar-refractivity contribution in [2.75, 3.05) is 10.6 Å². The highest BCUT2D eigenvalue weighted by molar-refractivity contribution is 7.19. The minimum atomic E-state index is -0.249. The van der Waals surface area contributed by atoms with Gasteiger partial charge in [-0.2, -0.15) is 0 Å². The van der Waals surface area contributed by atoms with Crippen LogP contribution >= 0.6 is 22.9 Å². The summed E-state index contributed by atoms with van der Waals surface area (Å²) in [5.41, 5.74) is 2.59. The smallest absolute Gasteiger partial charge is 0.257 e. The maximum atomic E-state index is 12.2. The van der Waals surface area contributed by atoms with Gasteiger partial charge in [0.1, 0.15) is 5.00 Å². The van der Waals surface area contributed by atoms with Gasteiger partial charge in [0, 0.05) is 5.69 Å². The molecule has 3 aromatic rings. The number of rotatable bonds is 4. The van der Waals surface area contributed by atoms with Crippen LogP contribution in [0, 0.1) is 6.92 Å². The molecule has 0 radical (unpaired) electrons. The Labute approximate surface area is 143 Å². The Hall–Kier alpha value is -2.37. The number of nitrogens with one attached hydrogen (secondary N) is 2. The molecular weight excluding hydrogens is 330 g/mol. The van der Waals surface area contributed by atoms with Gasteiger partial charge in [0.15, 0.2) is 5.13 Å². The maximum absolute atomic E-state index is 12.2. The predicted octanol–water partition coefficient (Wildman–Crippen LogP) is 5.10. The van der Waals surface area contributed by atoms with Gasteiger partial charge in [-0.1, -0.05) is 52.8 Å². The third-order valence-corrected chi connectivity index (χ3v) is 4.32. The van der Waals surface area contributed by atoms with E-state index in [0.29, 0.717) is 20.7 Å². The zero-order chi connectivity index (χ0) is 16.2. The monoisotopic (exact) mass is 343 g/mol. The van der Waals surface area contributed by atoms with Crippen molar-refractivity contribution >= 4 is 44.7 Å². The molecule has 23 heavy (non-hydrogen) atoms. The minimum Gasteiger partial charge on any atom is -0.331 e. The van der Waals surface area contributed by atoms with E-state index in [1.807, 2.05) is 31.2 Å². The van der Waals surface area contributed by atoms with Crippen LogP contribution in [0.2, 0.25) is 5.02 Å². The summed E-state index contributed by atoms with van der Waals surface area (Å²) >= 11 is 7.39. The summed E-state index contributed by atoms with van der Waals surface area (Å²) in [6, 6.07) is 15.0. The number of anilines is 3. The Balaban J connectivity index is 1.69. The van der Waals surface area contributed by atoms with Crippen LogP contribution in [0.25, 0.3) is 0 Å². The molecule has 0 aliphatic rings. The molecule has 0 bridgehead atoms. The predicted molar refractivity (Wildman–Crippen MR) is 96.0 cm³/mol. The van der Waals surface area contributed by atoms with E-state index in [-0.39, 0.29) is 5.91 Å². The molecule has 116 valence electrons. The summed E-state index contributed by atoms with van der Waals surface area (Å²) in [6.45, 7) is 2.04. The molecule has 6 heteroatoms. The van der Waals surface area contributed by atoms with Crippen LogP contribution < -0.4 is 10.6 Å². The topological polar surface area (TPSA) is 54.0 Å². The van der Waals surface area contributed by atoms with Gasteiger partial charge in [-0.15, -0.1) is 0 Å². The van der Waals surface area contributed by atoms with E-state index >= 15 is 0 Å². The lowest BCUT2D eigenvalue weighted by Gasteiger charge is -2.04. The second-order valence-electron chi connectivity index (χ2n) is 4.95. The first-order chi connectivity index (χ1) is 11.1. The molecule has 1 heterocycles. The lowest BCUT2D eigenvalue weighted by atomic mass is 10.2. The summed E-state index contributed by atoms with van der Waals surface area (Å²) in [7, 11) is 0. The Morgan fingerprint density at radius 2 is 1.87 bits per heavy atom. The molecular formula is C17H14ClN3OS. The van der Waals surface area contributed by atoms with Gasteiger partial charge in [0.25, 0.3) is 5.91 Å². The van der Waals surface area contributed by atoms with E-state index in [9.17, 15) is 4.79 Å². The molecule has 3 rings (SSSR count). The fourth-order valence-corrected chi connectivity index (χ4v) is 2.93. The highest BCUT2D eigenvalue weighted by Gasteiger charge is 2.11. The van der Waals surface area contributed by atoms with Gasteiger partial charge in [-0.05, 0) is 31.2 Å². The van der Waals surface area contributed by atoms with Crippen LogP contribution in [0.3, 0.4) is 0 Å². The zero-order valence-corrected chi connectivity index (χ0v) is 13.9. The van der Waals surface area contributed by atoms with Crippen LogP contribution in [0.5, 0.6) is 0 Å². The second kappa shape index (κ2) is 6.81. The fraction of sp³-hybridized carbons (Fsp3) is 0.0588. The quantitative estimate of drug-likeness (QED) is 0.692. The third-order valence-electron chi connectivity index (χ3n) is 3.16. The number of thiazole rings is 1. The van der Waals surface area contributed by atoms with Gasteiger partial charge < -0.3 is 10.6 Å². The van der Waals surface area contributed by atoms with Crippen molar-refractivity contribution in [3.8, 4) is 0 Å². The van der Waals surface area contributed by atoms with Crippen LogP contribution in [-0.4, -0.2) is 10.9 Å². The van der Waals surface area contributed by atoms with Crippen molar-refractivity contribution < 1.29 is 4.79 Å². The molecule has 0 aliphatic carbocycles. The van der Waals surface area contributed by atoms with Crippen LogP contribution in [-0.2, 0) is 0 Å². The second-order valence-corrected chi connectivity index (χ2v) is 6.39. The Kier molecular flexibility index (Phi) is 4.60. The average Bonchev–Trinajstić information content (AvgIpc) is 2.97. The number of hydrogen-bond acceptors (Lipinski definition) is 4. The Morgan fingerprint density at radius 3 is 2.61 bits per heavy atom. The van der Waals surface area contributed by atoms with E-state index in [4.69, 9.17) is 11.6 Å². The fourth-order valence-electron chi connectivity index (χ4n) is 1.97. The molecule has 0 saturated carbocycles. The zero-order valence-electron chi connectivity index (χ0n) is 12.3. The van der Waals surface area contributed by atoms with Crippen LogP contribution in [0.1, 0.15) is 15.9 Å². The van der Waals surface area contributed by atoms with Crippen molar-refractivity contribution in [1.82, 2.24) is 4.98 Å². The maximum Gasteiger partial charge on any atom is 0.257 e. The molecule has 1 aromatic heterocycles. The number of amides is 1. The van der Waals surface area contributed by atoms with Gasteiger partial charge in [0.2, 0.25) is 0 Å². The first kappa shape index (κ1) is 15.5. The SMILES string of the molecule is Cc1ccc(Nc2ncc(NC(=O)c3ccccc3Cl)s2)cc1. The molecule has 2 N–H and O–H groups in total. The number of carbonyl (C=O) groups is 1. The standard InChI is InChI=1S/C17H14ClN3OS/c1-11-6-8-12(9-7-11)20-17-19-10-15(23-17)21-16(22)13-4-2-3-5-14(13)18/h2-10H,1H3,(H,19,20)(H,21,22). The van der Waals surface area contributed by atoms with Crippen molar-refractivity contribution in [2.24, 2.45) is 0 Å². The van der Waals surface area contributed by atoms with Crippen molar-refractivity contribution in [2.45, 2.75) is 6.92 Å². The van der Waals surface area contributed by atoms with E-state index < -0.39 is 0 Å². The number of carbonyl (C=O) groups excluding carboxylic acids is 1. The summed E-state index contributed by atoms with van der Waals surface area (Å²) in [5, 5.41) is 7.80.